The highest BCUT2D eigenvalue weighted by molar-refractivity contribution is 5.95. The van der Waals surface area contributed by atoms with Crippen LogP contribution in [0.15, 0.2) is 18.2 Å². The molecule has 1 aromatic carbocycles. The van der Waals surface area contributed by atoms with Gasteiger partial charge in [-0.15, -0.1) is 0 Å². The van der Waals surface area contributed by atoms with Gasteiger partial charge in [0.25, 0.3) is 5.91 Å². The number of benzene rings is 1. The molecule has 2 rings (SSSR count). The first kappa shape index (κ1) is 13.0. The second-order valence-electron chi connectivity index (χ2n) is 5.24. The normalized spacial score (nSPS) is 18.2. The molecule has 1 aromatic rings. The lowest BCUT2D eigenvalue weighted by Crippen LogP contribution is -2.51. The van der Waals surface area contributed by atoms with Crippen molar-refractivity contribution in [2.24, 2.45) is 5.92 Å². The van der Waals surface area contributed by atoms with Crippen molar-refractivity contribution < 1.29 is 14.3 Å². The molecule has 0 aliphatic heterocycles. The van der Waals surface area contributed by atoms with E-state index in [1.807, 2.05) is 0 Å². The molecule has 0 spiro atoms. The summed E-state index contributed by atoms with van der Waals surface area (Å²) < 4.78 is 13.8. The molecule has 1 fully saturated rings. The van der Waals surface area contributed by atoms with Gasteiger partial charge in [-0.25, -0.2) is 4.39 Å². The topological polar surface area (TPSA) is 49.3 Å². The lowest BCUT2D eigenvalue weighted by Gasteiger charge is -2.28. The number of amides is 1. The van der Waals surface area contributed by atoms with Crippen molar-refractivity contribution in [1.29, 1.82) is 0 Å². The number of halogens is 1. The number of nitrogens with one attached hydrogen (secondary N) is 1. The van der Waals surface area contributed by atoms with E-state index in [1.165, 1.54) is 6.07 Å². The molecule has 0 aromatic heterocycles. The van der Waals surface area contributed by atoms with Crippen LogP contribution >= 0.6 is 0 Å². The van der Waals surface area contributed by atoms with Crippen molar-refractivity contribution in [2.45, 2.75) is 32.2 Å². The Bertz CT molecular complexity index is 471. The van der Waals surface area contributed by atoms with Crippen LogP contribution in [0.3, 0.4) is 0 Å². The van der Waals surface area contributed by atoms with E-state index < -0.39 is 17.3 Å². The average molecular weight is 251 g/mol. The van der Waals surface area contributed by atoms with Crippen molar-refractivity contribution in [3.63, 3.8) is 0 Å². The first-order valence-corrected chi connectivity index (χ1v) is 6.16. The molecule has 0 heterocycles. The molecule has 4 heteroatoms. The van der Waals surface area contributed by atoms with Gasteiger partial charge in [-0.3, -0.25) is 4.79 Å². The molecule has 1 amide bonds. The first-order valence-electron chi connectivity index (χ1n) is 6.16. The Balaban J connectivity index is 2.19. The third-order valence-corrected chi connectivity index (χ3v) is 3.64. The molecule has 1 saturated carbocycles. The highest BCUT2D eigenvalue weighted by atomic mass is 19.1. The molecule has 1 aliphatic rings. The van der Waals surface area contributed by atoms with E-state index in [0.29, 0.717) is 11.5 Å². The predicted molar refractivity (Wildman–Crippen MR) is 66.8 cm³/mol. The number of hydrogen-bond donors (Lipinski definition) is 2. The molecule has 1 atom stereocenters. The molecule has 0 unspecified atom stereocenters. The van der Waals surface area contributed by atoms with Crippen LogP contribution in [0.25, 0.3) is 0 Å². The van der Waals surface area contributed by atoms with Crippen LogP contribution in [0.5, 0.6) is 0 Å². The predicted octanol–water partition coefficient (Wildman–Crippen LogP) is 2.02. The fourth-order valence-electron chi connectivity index (χ4n) is 2.14. The van der Waals surface area contributed by atoms with Crippen LogP contribution in [-0.4, -0.2) is 23.2 Å². The molecular weight excluding hydrogens is 233 g/mol. The van der Waals surface area contributed by atoms with Gasteiger partial charge in [0.15, 0.2) is 0 Å². The number of aryl methyl sites for hydroxylation is 1. The maximum Gasteiger partial charge on any atom is 0.254 e. The number of carbonyl (C=O) groups is 1. The lowest BCUT2D eigenvalue weighted by molar-refractivity contribution is 0.0820. The van der Waals surface area contributed by atoms with Gasteiger partial charge >= 0.3 is 0 Å². The minimum absolute atomic E-state index is 0.0373. The molecule has 0 saturated heterocycles. The van der Waals surface area contributed by atoms with E-state index in [9.17, 15) is 14.3 Å². The fourth-order valence-corrected chi connectivity index (χ4v) is 2.14. The van der Waals surface area contributed by atoms with Crippen LogP contribution in [-0.2, 0) is 0 Å². The zero-order valence-corrected chi connectivity index (χ0v) is 10.7. The third kappa shape index (κ3) is 2.38. The minimum atomic E-state index is -0.646. The van der Waals surface area contributed by atoms with E-state index in [0.717, 1.165) is 12.8 Å². The van der Waals surface area contributed by atoms with Crippen LogP contribution in [0, 0.1) is 18.7 Å². The summed E-state index contributed by atoms with van der Waals surface area (Å²) in [5.74, 6) is -0.662. The monoisotopic (exact) mass is 251 g/mol. The standard InChI is InChI=1S/C14H18FNO2/c1-9-4-3-5-11(12(9)15)13(18)16-14(2,8-17)10-6-7-10/h3-5,10,17H,6-8H2,1-2H3,(H,16,18)/t14-/m0/s1. The minimum Gasteiger partial charge on any atom is -0.394 e. The van der Waals surface area contributed by atoms with Gasteiger partial charge in [-0.05, 0) is 44.2 Å². The van der Waals surface area contributed by atoms with Crippen molar-refractivity contribution in [3.8, 4) is 0 Å². The maximum absolute atomic E-state index is 13.8. The summed E-state index contributed by atoms with van der Waals surface area (Å²) in [5.41, 5.74) is -0.164. The average Bonchev–Trinajstić information content (AvgIpc) is 3.16. The van der Waals surface area contributed by atoms with Gasteiger partial charge < -0.3 is 10.4 Å². The molecular formula is C14H18FNO2. The number of aliphatic hydroxyl groups excluding tert-OH is 1. The van der Waals surface area contributed by atoms with Gasteiger partial charge in [-0.1, -0.05) is 12.1 Å². The molecule has 98 valence electrons. The molecule has 18 heavy (non-hydrogen) atoms. The maximum atomic E-state index is 13.8. The van der Waals surface area contributed by atoms with Gasteiger partial charge in [0.05, 0.1) is 17.7 Å². The SMILES string of the molecule is Cc1cccc(C(=O)N[C@@](C)(CO)C2CC2)c1F. The van der Waals surface area contributed by atoms with E-state index in [-0.39, 0.29) is 12.2 Å². The smallest absolute Gasteiger partial charge is 0.254 e. The van der Waals surface area contributed by atoms with E-state index >= 15 is 0 Å². The lowest BCUT2D eigenvalue weighted by atomic mass is 9.96. The second-order valence-corrected chi connectivity index (χ2v) is 5.24. The second kappa shape index (κ2) is 4.69. The summed E-state index contributed by atoms with van der Waals surface area (Å²) >= 11 is 0. The van der Waals surface area contributed by atoms with Gasteiger partial charge in [0, 0.05) is 0 Å². The van der Waals surface area contributed by atoms with E-state index in [2.05, 4.69) is 5.32 Å². The van der Waals surface area contributed by atoms with Crippen LogP contribution in [0.2, 0.25) is 0 Å². The zero-order chi connectivity index (χ0) is 13.3. The van der Waals surface area contributed by atoms with Crippen molar-refractivity contribution in [3.05, 3.63) is 35.1 Å². The summed E-state index contributed by atoms with van der Waals surface area (Å²) in [7, 11) is 0. The number of hydrogen-bond acceptors (Lipinski definition) is 2. The summed E-state index contributed by atoms with van der Waals surface area (Å²) in [6, 6.07) is 4.74. The summed E-state index contributed by atoms with van der Waals surface area (Å²) in [6.07, 6.45) is 1.99. The number of rotatable bonds is 4. The van der Waals surface area contributed by atoms with E-state index in [4.69, 9.17) is 0 Å². The largest absolute Gasteiger partial charge is 0.394 e. The Morgan fingerprint density at radius 3 is 2.78 bits per heavy atom. The fraction of sp³-hybridized carbons (Fsp3) is 0.500. The molecule has 1 aliphatic carbocycles. The molecule has 0 radical (unpaired) electrons. The Labute approximate surface area is 106 Å². The van der Waals surface area contributed by atoms with Crippen molar-refractivity contribution >= 4 is 5.91 Å². The Morgan fingerprint density at radius 2 is 2.22 bits per heavy atom. The van der Waals surface area contributed by atoms with Gasteiger partial charge in [0.2, 0.25) is 0 Å². The van der Waals surface area contributed by atoms with E-state index in [1.54, 1.807) is 26.0 Å². The highest BCUT2D eigenvalue weighted by Crippen LogP contribution is 2.39. The number of aliphatic hydroxyl groups is 1. The van der Waals surface area contributed by atoms with Gasteiger partial charge in [0.1, 0.15) is 5.82 Å². The molecule has 3 nitrogen and oxygen atoms in total. The quantitative estimate of drug-likeness (QED) is 0.860. The summed E-state index contributed by atoms with van der Waals surface area (Å²) in [6.45, 7) is 3.30. The zero-order valence-electron chi connectivity index (χ0n) is 10.7. The first-order chi connectivity index (χ1) is 8.48. The van der Waals surface area contributed by atoms with Crippen LogP contribution in [0.1, 0.15) is 35.7 Å². The van der Waals surface area contributed by atoms with Crippen LogP contribution < -0.4 is 5.32 Å². The van der Waals surface area contributed by atoms with Gasteiger partial charge in [-0.2, -0.15) is 0 Å². The molecule has 0 bridgehead atoms. The molecule has 2 N–H and O–H groups in total. The Kier molecular flexibility index (Phi) is 3.39. The van der Waals surface area contributed by atoms with Crippen LogP contribution in [0.4, 0.5) is 4.39 Å². The van der Waals surface area contributed by atoms with Crippen molar-refractivity contribution in [1.82, 2.24) is 5.32 Å². The summed E-state index contributed by atoms with van der Waals surface area (Å²) in [5, 5.41) is 12.2. The summed E-state index contributed by atoms with van der Waals surface area (Å²) in [4.78, 5) is 12.1. The Morgan fingerprint density at radius 1 is 1.56 bits per heavy atom. The third-order valence-electron chi connectivity index (χ3n) is 3.64. The Hall–Kier alpha value is -1.42. The highest BCUT2D eigenvalue weighted by Gasteiger charge is 2.42. The van der Waals surface area contributed by atoms with Crippen molar-refractivity contribution in [2.75, 3.05) is 6.61 Å². The number of carbonyl (C=O) groups excluding carboxylic acids is 1.